The van der Waals surface area contributed by atoms with E-state index in [1.54, 1.807) is 18.2 Å². The average Bonchev–Trinajstić information content (AvgIpc) is 3.14. The van der Waals surface area contributed by atoms with Gasteiger partial charge in [-0.15, -0.1) is 0 Å². The molecule has 0 aliphatic heterocycles. The SMILES string of the molecule is O=C(Cn1nc(-c2ccc(Cl)cc2)ccc1=O)NCCc1c[nH]c2ccccc12. The maximum absolute atomic E-state index is 12.3. The number of para-hydroxylation sites is 1. The fraction of sp³-hybridized carbons (Fsp3) is 0.136. The van der Waals surface area contributed by atoms with E-state index in [0.29, 0.717) is 23.7 Å². The number of carbonyl (C=O) groups is 1. The lowest BCUT2D eigenvalue weighted by Gasteiger charge is -2.08. The van der Waals surface area contributed by atoms with Crippen LogP contribution >= 0.6 is 11.6 Å². The van der Waals surface area contributed by atoms with Gasteiger partial charge in [-0.05, 0) is 36.2 Å². The minimum Gasteiger partial charge on any atom is -0.361 e. The number of amides is 1. The number of aromatic amines is 1. The summed E-state index contributed by atoms with van der Waals surface area (Å²) in [5.74, 6) is -0.257. The minimum atomic E-state index is -0.325. The van der Waals surface area contributed by atoms with Gasteiger partial charge in [0, 0.05) is 40.3 Å². The summed E-state index contributed by atoms with van der Waals surface area (Å²) in [4.78, 5) is 27.6. The second-order valence-electron chi connectivity index (χ2n) is 6.68. The predicted octanol–water partition coefficient (Wildman–Crippen LogP) is 3.40. The van der Waals surface area contributed by atoms with Crippen LogP contribution in [0.4, 0.5) is 0 Å². The Morgan fingerprint density at radius 2 is 1.86 bits per heavy atom. The van der Waals surface area contributed by atoms with Crippen LogP contribution in [-0.4, -0.2) is 27.2 Å². The van der Waals surface area contributed by atoms with Crippen LogP contribution in [0.2, 0.25) is 5.02 Å². The molecule has 0 saturated carbocycles. The van der Waals surface area contributed by atoms with Crippen LogP contribution in [0, 0.1) is 0 Å². The van der Waals surface area contributed by atoms with Gasteiger partial charge in [0.05, 0.1) is 5.69 Å². The molecule has 7 heteroatoms. The first kappa shape index (κ1) is 19.0. The third kappa shape index (κ3) is 4.38. The summed E-state index contributed by atoms with van der Waals surface area (Å²) >= 11 is 5.91. The van der Waals surface area contributed by atoms with Crippen molar-refractivity contribution in [1.29, 1.82) is 0 Å². The number of H-pyrrole nitrogens is 1. The normalized spacial score (nSPS) is 10.9. The Labute approximate surface area is 172 Å². The van der Waals surface area contributed by atoms with Gasteiger partial charge in [-0.1, -0.05) is 41.9 Å². The molecule has 0 bridgehead atoms. The number of rotatable bonds is 6. The number of carbonyl (C=O) groups excluding carboxylic acids is 1. The second-order valence-corrected chi connectivity index (χ2v) is 7.12. The highest BCUT2D eigenvalue weighted by atomic mass is 35.5. The first-order valence-corrected chi connectivity index (χ1v) is 9.64. The third-order valence-corrected chi connectivity index (χ3v) is 4.94. The lowest BCUT2D eigenvalue weighted by molar-refractivity contribution is -0.121. The van der Waals surface area contributed by atoms with E-state index in [9.17, 15) is 9.59 Å². The topological polar surface area (TPSA) is 79.8 Å². The Morgan fingerprint density at radius 3 is 2.69 bits per heavy atom. The molecule has 0 atom stereocenters. The lowest BCUT2D eigenvalue weighted by atomic mass is 10.1. The number of hydrogen-bond donors (Lipinski definition) is 2. The molecule has 4 aromatic rings. The monoisotopic (exact) mass is 406 g/mol. The second kappa shape index (κ2) is 8.32. The van der Waals surface area contributed by atoms with Gasteiger partial charge in [0.25, 0.3) is 5.56 Å². The van der Waals surface area contributed by atoms with Crippen LogP contribution in [0.15, 0.2) is 71.7 Å². The van der Waals surface area contributed by atoms with Gasteiger partial charge < -0.3 is 10.3 Å². The van der Waals surface area contributed by atoms with Crippen LogP contribution in [0.3, 0.4) is 0 Å². The highest BCUT2D eigenvalue weighted by Gasteiger charge is 2.09. The number of aromatic nitrogens is 3. The van der Waals surface area contributed by atoms with E-state index < -0.39 is 0 Å². The Balaban J connectivity index is 1.39. The van der Waals surface area contributed by atoms with Gasteiger partial charge in [0.1, 0.15) is 6.54 Å². The Morgan fingerprint density at radius 1 is 1.07 bits per heavy atom. The standard InChI is InChI=1S/C22H19ClN4O2/c23-17-7-5-15(6-8-17)19-9-10-22(29)27(26-19)14-21(28)24-12-11-16-13-25-20-4-2-1-3-18(16)20/h1-10,13,25H,11-12,14H2,(H,24,28). The number of halogens is 1. The molecule has 0 unspecified atom stereocenters. The highest BCUT2D eigenvalue weighted by molar-refractivity contribution is 6.30. The van der Waals surface area contributed by atoms with Crippen LogP contribution < -0.4 is 10.9 Å². The first-order valence-electron chi connectivity index (χ1n) is 9.26. The summed E-state index contributed by atoms with van der Waals surface area (Å²) < 4.78 is 1.17. The summed E-state index contributed by atoms with van der Waals surface area (Å²) in [5.41, 5.74) is 3.31. The van der Waals surface area contributed by atoms with E-state index in [2.05, 4.69) is 21.5 Å². The molecule has 1 amide bonds. The molecule has 29 heavy (non-hydrogen) atoms. The van der Waals surface area contributed by atoms with E-state index in [1.807, 2.05) is 36.5 Å². The summed E-state index contributed by atoms with van der Waals surface area (Å²) in [5, 5.41) is 8.93. The summed E-state index contributed by atoms with van der Waals surface area (Å²) in [6.07, 6.45) is 2.65. The van der Waals surface area contributed by atoms with Crippen LogP contribution in [0.1, 0.15) is 5.56 Å². The zero-order chi connectivity index (χ0) is 20.2. The zero-order valence-corrected chi connectivity index (χ0v) is 16.3. The maximum Gasteiger partial charge on any atom is 0.267 e. The Bertz CT molecular complexity index is 1210. The molecule has 0 saturated heterocycles. The molecule has 0 aliphatic rings. The van der Waals surface area contributed by atoms with Gasteiger partial charge in [0.15, 0.2) is 0 Å². The fourth-order valence-corrected chi connectivity index (χ4v) is 3.33. The number of nitrogens with zero attached hydrogens (tertiary/aromatic N) is 2. The number of fused-ring (bicyclic) bond motifs is 1. The molecule has 0 spiro atoms. The van der Waals surface area contributed by atoms with Crippen LogP contribution in [0.25, 0.3) is 22.2 Å². The van der Waals surface area contributed by atoms with E-state index in [-0.39, 0.29) is 18.0 Å². The summed E-state index contributed by atoms with van der Waals surface area (Å²) in [6, 6.07) is 18.2. The molecule has 2 N–H and O–H groups in total. The average molecular weight is 407 g/mol. The van der Waals surface area contributed by atoms with Gasteiger partial charge in [-0.25, -0.2) is 4.68 Å². The van der Waals surface area contributed by atoms with Crippen molar-refractivity contribution >= 4 is 28.4 Å². The van der Waals surface area contributed by atoms with Gasteiger partial charge >= 0.3 is 0 Å². The van der Waals surface area contributed by atoms with Crippen LogP contribution in [-0.2, 0) is 17.8 Å². The predicted molar refractivity (Wildman–Crippen MR) is 114 cm³/mol. The third-order valence-electron chi connectivity index (χ3n) is 4.69. The molecule has 2 aromatic heterocycles. The molecule has 6 nitrogen and oxygen atoms in total. The molecule has 0 radical (unpaired) electrons. The summed E-state index contributed by atoms with van der Waals surface area (Å²) in [6.45, 7) is 0.348. The van der Waals surface area contributed by atoms with E-state index in [4.69, 9.17) is 11.6 Å². The van der Waals surface area contributed by atoms with Crippen molar-refractivity contribution in [1.82, 2.24) is 20.1 Å². The quantitative estimate of drug-likeness (QED) is 0.515. The molecule has 0 aliphatic carbocycles. The smallest absolute Gasteiger partial charge is 0.267 e. The fourth-order valence-electron chi connectivity index (χ4n) is 3.20. The zero-order valence-electron chi connectivity index (χ0n) is 15.6. The number of nitrogens with one attached hydrogen (secondary N) is 2. The Kier molecular flexibility index (Phi) is 5.44. The van der Waals surface area contributed by atoms with Crippen molar-refractivity contribution in [3.05, 3.63) is 87.8 Å². The molecule has 2 aromatic carbocycles. The number of hydrogen-bond acceptors (Lipinski definition) is 3. The number of benzene rings is 2. The van der Waals surface area contributed by atoms with Crippen molar-refractivity contribution < 1.29 is 4.79 Å². The van der Waals surface area contributed by atoms with Crippen molar-refractivity contribution in [3.63, 3.8) is 0 Å². The van der Waals surface area contributed by atoms with Gasteiger partial charge in [-0.2, -0.15) is 5.10 Å². The molecule has 2 heterocycles. The lowest BCUT2D eigenvalue weighted by Crippen LogP contribution is -2.34. The first-order chi connectivity index (χ1) is 14.1. The van der Waals surface area contributed by atoms with E-state index >= 15 is 0 Å². The molecule has 4 rings (SSSR count). The van der Waals surface area contributed by atoms with E-state index in [0.717, 1.165) is 22.0 Å². The molecular formula is C22H19ClN4O2. The largest absolute Gasteiger partial charge is 0.361 e. The van der Waals surface area contributed by atoms with Crippen molar-refractivity contribution in [2.75, 3.05) is 6.54 Å². The van der Waals surface area contributed by atoms with E-state index in [1.165, 1.54) is 10.7 Å². The molecular weight excluding hydrogens is 388 g/mol. The van der Waals surface area contributed by atoms with Crippen LogP contribution in [0.5, 0.6) is 0 Å². The molecule has 146 valence electrons. The summed E-state index contributed by atoms with van der Waals surface area (Å²) in [7, 11) is 0. The van der Waals surface area contributed by atoms with Gasteiger partial charge in [0.2, 0.25) is 5.91 Å². The highest BCUT2D eigenvalue weighted by Crippen LogP contribution is 2.19. The van der Waals surface area contributed by atoms with Crippen molar-refractivity contribution in [3.8, 4) is 11.3 Å². The van der Waals surface area contributed by atoms with Crippen molar-refractivity contribution in [2.24, 2.45) is 0 Å². The maximum atomic E-state index is 12.3. The van der Waals surface area contributed by atoms with Crippen molar-refractivity contribution in [2.45, 2.75) is 13.0 Å². The Hall–Kier alpha value is -3.38. The minimum absolute atomic E-state index is 0.131. The molecule has 0 fully saturated rings. The van der Waals surface area contributed by atoms with Gasteiger partial charge in [-0.3, -0.25) is 9.59 Å².